The Hall–Kier alpha value is -1.34. The highest BCUT2D eigenvalue weighted by molar-refractivity contribution is 7.80. The monoisotopic (exact) mass is 201 g/mol. The van der Waals surface area contributed by atoms with Crippen LogP contribution < -0.4 is 10.6 Å². The SMILES string of the molecule is O=C1NC(S(=O)O)Nc2cc[nH]c21. The molecule has 0 saturated heterocycles. The number of hydrogen-bond acceptors (Lipinski definition) is 3. The third-order valence-corrected chi connectivity index (χ3v) is 2.36. The molecule has 2 atom stereocenters. The van der Waals surface area contributed by atoms with Crippen molar-refractivity contribution in [3.05, 3.63) is 18.0 Å². The van der Waals surface area contributed by atoms with Crippen LogP contribution in [0.4, 0.5) is 5.69 Å². The maximum Gasteiger partial charge on any atom is 0.272 e. The van der Waals surface area contributed by atoms with Crippen LogP contribution in [0.1, 0.15) is 10.5 Å². The van der Waals surface area contributed by atoms with Gasteiger partial charge in [0.1, 0.15) is 5.69 Å². The van der Waals surface area contributed by atoms with E-state index in [9.17, 15) is 9.00 Å². The zero-order chi connectivity index (χ0) is 9.42. The zero-order valence-electron chi connectivity index (χ0n) is 6.40. The second kappa shape index (κ2) is 2.86. The number of nitrogens with one attached hydrogen (secondary N) is 3. The molecule has 1 aliphatic rings. The lowest BCUT2D eigenvalue weighted by molar-refractivity contribution is 0.0942. The van der Waals surface area contributed by atoms with Crippen molar-refractivity contribution in [2.45, 2.75) is 5.50 Å². The molecule has 0 bridgehead atoms. The molecule has 0 radical (unpaired) electrons. The molecule has 1 aromatic rings. The molecule has 0 saturated carbocycles. The van der Waals surface area contributed by atoms with E-state index in [1.54, 1.807) is 12.3 Å². The van der Waals surface area contributed by atoms with E-state index >= 15 is 0 Å². The molecule has 1 amide bonds. The second-order valence-electron chi connectivity index (χ2n) is 2.54. The number of H-pyrrole nitrogens is 1. The molecule has 0 spiro atoms. The summed E-state index contributed by atoms with van der Waals surface area (Å²) in [7, 11) is 0. The Morgan fingerprint density at radius 2 is 2.23 bits per heavy atom. The molecule has 2 heterocycles. The summed E-state index contributed by atoms with van der Waals surface area (Å²) in [5.41, 5.74) is -0.0198. The van der Waals surface area contributed by atoms with Gasteiger partial charge >= 0.3 is 0 Å². The Kier molecular flexibility index (Phi) is 1.82. The Morgan fingerprint density at radius 1 is 1.46 bits per heavy atom. The smallest absolute Gasteiger partial charge is 0.272 e. The molecule has 0 aliphatic carbocycles. The topological polar surface area (TPSA) is 94.2 Å². The van der Waals surface area contributed by atoms with E-state index < -0.39 is 16.6 Å². The van der Waals surface area contributed by atoms with Gasteiger partial charge in [-0.25, -0.2) is 4.21 Å². The van der Waals surface area contributed by atoms with Crippen LogP contribution in [-0.2, 0) is 11.1 Å². The van der Waals surface area contributed by atoms with Crippen molar-refractivity contribution < 1.29 is 13.6 Å². The third kappa shape index (κ3) is 1.31. The molecule has 13 heavy (non-hydrogen) atoms. The van der Waals surface area contributed by atoms with Gasteiger partial charge in [0.05, 0.1) is 5.69 Å². The highest BCUT2D eigenvalue weighted by atomic mass is 32.2. The minimum atomic E-state index is -2.12. The maximum atomic E-state index is 11.2. The fourth-order valence-electron chi connectivity index (χ4n) is 1.15. The number of fused-ring (bicyclic) bond motifs is 1. The predicted molar refractivity (Wildman–Crippen MR) is 46.4 cm³/mol. The highest BCUT2D eigenvalue weighted by Gasteiger charge is 2.27. The summed E-state index contributed by atoms with van der Waals surface area (Å²) < 4.78 is 19.4. The number of hydrogen-bond donors (Lipinski definition) is 4. The van der Waals surface area contributed by atoms with Crippen LogP contribution in [0.3, 0.4) is 0 Å². The van der Waals surface area contributed by atoms with E-state index in [2.05, 4.69) is 15.6 Å². The lowest BCUT2D eigenvalue weighted by Gasteiger charge is -2.22. The first kappa shape index (κ1) is 8.27. The highest BCUT2D eigenvalue weighted by Crippen LogP contribution is 2.18. The number of aromatic amines is 1. The number of carbonyl (C=O) groups is 1. The van der Waals surface area contributed by atoms with Gasteiger partial charge in [0.25, 0.3) is 5.91 Å². The van der Waals surface area contributed by atoms with Crippen molar-refractivity contribution in [3.63, 3.8) is 0 Å². The molecular formula is C6H7N3O3S. The van der Waals surface area contributed by atoms with Crippen molar-refractivity contribution >= 4 is 22.7 Å². The van der Waals surface area contributed by atoms with Crippen LogP contribution in [-0.4, -0.2) is 25.2 Å². The molecule has 1 aliphatic heterocycles. The average molecular weight is 201 g/mol. The zero-order valence-corrected chi connectivity index (χ0v) is 7.22. The Balaban J connectivity index is 2.34. The molecule has 1 aromatic heterocycles. The largest absolute Gasteiger partial charge is 0.355 e. The first-order valence-corrected chi connectivity index (χ1v) is 4.70. The van der Waals surface area contributed by atoms with Crippen LogP contribution in [0.5, 0.6) is 0 Å². The lowest BCUT2D eigenvalue weighted by atomic mass is 10.3. The van der Waals surface area contributed by atoms with Crippen LogP contribution in [0.2, 0.25) is 0 Å². The van der Waals surface area contributed by atoms with Gasteiger partial charge in [-0.2, -0.15) is 0 Å². The molecule has 4 N–H and O–H groups in total. The number of amides is 1. The fourth-order valence-corrected chi connectivity index (χ4v) is 1.58. The second-order valence-corrected chi connectivity index (χ2v) is 3.56. The van der Waals surface area contributed by atoms with Gasteiger partial charge in [-0.15, -0.1) is 0 Å². The number of rotatable bonds is 1. The number of anilines is 1. The van der Waals surface area contributed by atoms with E-state index in [0.717, 1.165) is 0 Å². The molecule has 7 heteroatoms. The van der Waals surface area contributed by atoms with Gasteiger partial charge < -0.3 is 20.2 Å². The van der Waals surface area contributed by atoms with Gasteiger partial charge in [0, 0.05) is 6.20 Å². The molecular weight excluding hydrogens is 194 g/mol. The van der Waals surface area contributed by atoms with Crippen LogP contribution in [0, 0.1) is 0 Å². The first-order valence-electron chi connectivity index (χ1n) is 3.53. The third-order valence-electron chi connectivity index (χ3n) is 1.72. The summed E-state index contributed by atoms with van der Waals surface area (Å²) in [5.74, 6) is -0.383. The van der Waals surface area contributed by atoms with E-state index in [0.29, 0.717) is 11.4 Å². The molecule has 2 rings (SSSR count). The average Bonchev–Trinajstić information content (AvgIpc) is 2.51. The summed E-state index contributed by atoms with van der Waals surface area (Å²) in [6.45, 7) is 0. The first-order chi connectivity index (χ1) is 6.18. The van der Waals surface area contributed by atoms with E-state index in [1.807, 2.05) is 0 Å². The van der Waals surface area contributed by atoms with Crippen molar-refractivity contribution in [1.82, 2.24) is 10.3 Å². The molecule has 0 fully saturated rings. The van der Waals surface area contributed by atoms with E-state index in [1.165, 1.54) is 0 Å². The van der Waals surface area contributed by atoms with Crippen LogP contribution in [0.25, 0.3) is 0 Å². The van der Waals surface area contributed by atoms with Gasteiger partial charge in [-0.05, 0) is 6.07 Å². The van der Waals surface area contributed by atoms with E-state index in [-0.39, 0.29) is 5.91 Å². The standard InChI is InChI=1S/C6H7N3O3S/c10-5-4-3(1-2-7-4)8-6(9-5)13(11)12/h1-2,6-8H,(H,9,10)(H,11,12). The maximum absolute atomic E-state index is 11.2. The summed E-state index contributed by atoms with van der Waals surface area (Å²) in [4.78, 5) is 13.9. The summed E-state index contributed by atoms with van der Waals surface area (Å²) >= 11 is -2.12. The number of aromatic nitrogens is 1. The molecule has 2 unspecified atom stereocenters. The van der Waals surface area contributed by atoms with Gasteiger partial charge in [-0.3, -0.25) is 4.79 Å². The molecule has 0 aromatic carbocycles. The molecule has 6 nitrogen and oxygen atoms in total. The fraction of sp³-hybridized carbons (Fsp3) is 0.167. The van der Waals surface area contributed by atoms with Crippen molar-refractivity contribution in [3.8, 4) is 0 Å². The van der Waals surface area contributed by atoms with E-state index in [4.69, 9.17) is 4.55 Å². The van der Waals surface area contributed by atoms with Gasteiger partial charge in [0.2, 0.25) is 5.50 Å². The van der Waals surface area contributed by atoms with Crippen LogP contribution in [0.15, 0.2) is 12.3 Å². The lowest BCUT2D eigenvalue weighted by Crippen LogP contribution is -2.47. The minimum absolute atomic E-state index is 0.377. The Bertz CT molecular complexity index is 375. The summed E-state index contributed by atoms with van der Waals surface area (Å²) in [6.07, 6.45) is 1.58. The summed E-state index contributed by atoms with van der Waals surface area (Å²) in [6, 6.07) is 1.63. The normalized spacial score (nSPS) is 22.8. The van der Waals surface area contributed by atoms with Crippen LogP contribution >= 0.6 is 0 Å². The van der Waals surface area contributed by atoms with Gasteiger partial charge in [0.15, 0.2) is 11.1 Å². The van der Waals surface area contributed by atoms with Gasteiger partial charge in [-0.1, -0.05) is 0 Å². The molecule has 70 valence electrons. The minimum Gasteiger partial charge on any atom is -0.355 e. The van der Waals surface area contributed by atoms with Crippen molar-refractivity contribution in [1.29, 1.82) is 0 Å². The number of carbonyl (C=O) groups excluding carboxylic acids is 1. The van der Waals surface area contributed by atoms with Crippen molar-refractivity contribution in [2.24, 2.45) is 0 Å². The summed E-state index contributed by atoms with van der Waals surface area (Å²) in [5, 5.41) is 5.02. The predicted octanol–water partition coefficient (Wildman–Crippen LogP) is -0.325. The quantitative estimate of drug-likeness (QED) is 0.468. The Labute approximate surface area is 76.0 Å². The Morgan fingerprint density at radius 3 is 2.92 bits per heavy atom. The van der Waals surface area contributed by atoms with Crippen molar-refractivity contribution in [2.75, 3.05) is 5.32 Å².